The van der Waals surface area contributed by atoms with E-state index in [1.807, 2.05) is 24.3 Å². The lowest BCUT2D eigenvalue weighted by atomic mass is 9.77. The monoisotopic (exact) mass is 312 g/mol. The molecule has 1 aliphatic rings. The molecular weight excluding hydrogens is 296 g/mol. The van der Waals surface area contributed by atoms with Crippen LogP contribution < -0.4 is 0 Å². The number of hydrogen-bond donors (Lipinski definition) is 0. The van der Waals surface area contributed by atoms with E-state index in [2.05, 4.69) is 15.9 Å². The van der Waals surface area contributed by atoms with E-state index in [1.54, 1.807) is 0 Å². The summed E-state index contributed by atoms with van der Waals surface area (Å²) in [6.45, 7) is 0.546. The third-order valence-electron chi connectivity index (χ3n) is 3.42. The maximum atomic E-state index is 11.4. The second-order valence-electron chi connectivity index (χ2n) is 4.70. The van der Waals surface area contributed by atoms with Crippen molar-refractivity contribution in [3.8, 4) is 0 Å². The Morgan fingerprint density at radius 3 is 2.50 bits per heavy atom. The summed E-state index contributed by atoms with van der Waals surface area (Å²) < 4.78 is 11.7. The van der Waals surface area contributed by atoms with Gasteiger partial charge >= 0.3 is 5.97 Å². The summed E-state index contributed by atoms with van der Waals surface area (Å²) in [5.74, 6) is -0.189. The zero-order chi connectivity index (χ0) is 13.0. The highest BCUT2D eigenvalue weighted by Crippen LogP contribution is 2.39. The highest BCUT2D eigenvalue weighted by molar-refractivity contribution is 9.10. The fourth-order valence-electron chi connectivity index (χ4n) is 2.10. The Labute approximate surface area is 116 Å². The van der Waals surface area contributed by atoms with Crippen LogP contribution in [0.1, 0.15) is 31.2 Å². The Kier molecular flexibility index (Phi) is 4.40. The molecule has 0 radical (unpaired) electrons. The van der Waals surface area contributed by atoms with E-state index in [9.17, 15) is 4.79 Å². The molecule has 0 heterocycles. The second-order valence-corrected chi connectivity index (χ2v) is 5.62. The van der Waals surface area contributed by atoms with Gasteiger partial charge in [0.25, 0.3) is 0 Å². The van der Waals surface area contributed by atoms with Crippen molar-refractivity contribution in [1.29, 1.82) is 0 Å². The molecule has 2 rings (SSSR count). The Morgan fingerprint density at radius 1 is 1.33 bits per heavy atom. The third-order valence-corrected chi connectivity index (χ3v) is 3.95. The lowest BCUT2D eigenvalue weighted by Gasteiger charge is -2.40. The number of methoxy groups -OCH3 is 1. The van der Waals surface area contributed by atoms with E-state index in [0.29, 0.717) is 13.0 Å². The van der Waals surface area contributed by atoms with Crippen molar-refractivity contribution in [3.63, 3.8) is 0 Å². The average Bonchev–Trinajstić information content (AvgIpc) is 2.34. The Balaban J connectivity index is 1.91. The highest BCUT2D eigenvalue weighted by atomic mass is 79.9. The van der Waals surface area contributed by atoms with Gasteiger partial charge in [-0.1, -0.05) is 28.1 Å². The van der Waals surface area contributed by atoms with Crippen LogP contribution in [0.4, 0.5) is 0 Å². The number of ether oxygens (including phenoxy) is 2. The smallest absolute Gasteiger partial charge is 0.308 e. The molecule has 1 aromatic rings. The Morgan fingerprint density at radius 2 is 2.00 bits per heavy atom. The van der Waals surface area contributed by atoms with Crippen LogP contribution in [0.25, 0.3) is 0 Å². The molecule has 0 bridgehead atoms. The first kappa shape index (κ1) is 13.6. The molecular formula is C14H17BrO3. The highest BCUT2D eigenvalue weighted by Gasteiger charge is 2.40. The van der Waals surface area contributed by atoms with E-state index < -0.39 is 0 Å². The van der Waals surface area contributed by atoms with Crippen LogP contribution in [0.2, 0.25) is 0 Å². The maximum Gasteiger partial charge on any atom is 0.308 e. The number of carbonyl (C=O) groups excluding carboxylic acids is 1. The topological polar surface area (TPSA) is 35.5 Å². The SMILES string of the molecule is COC(=O)CC1(OCc2ccc(Br)cc2)CCC1. The maximum absolute atomic E-state index is 11.4. The van der Waals surface area contributed by atoms with Crippen LogP contribution in [-0.2, 0) is 20.9 Å². The van der Waals surface area contributed by atoms with Gasteiger partial charge in [0.2, 0.25) is 0 Å². The van der Waals surface area contributed by atoms with Crippen LogP contribution >= 0.6 is 15.9 Å². The first-order valence-corrected chi connectivity index (χ1v) is 6.88. The van der Waals surface area contributed by atoms with E-state index >= 15 is 0 Å². The van der Waals surface area contributed by atoms with Gasteiger partial charge in [0.05, 0.1) is 25.7 Å². The van der Waals surface area contributed by atoms with Crippen molar-refractivity contribution in [2.24, 2.45) is 0 Å². The van der Waals surface area contributed by atoms with Crippen LogP contribution in [0.15, 0.2) is 28.7 Å². The Bertz CT molecular complexity index is 410. The standard InChI is InChI=1S/C14H17BrO3/c1-17-13(16)9-14(7-2-8-14)18-10-11-3-5-12(15)6-4-11/h3-6H,2,7-10H2,1H3. The van der Waals surface area contributed by atoms with Crippen LogP contribution in [0, 0.1) is 0 Å². The van der Waals surface area contributed by atoms with Crippen molar-refractivity contribution in [2.45, 2.75) is 37.9 Å². The fourth-order valence-corrected chi connectivity index (χ4v) is 2.36. The number of carbonyl (C=O) groups is 1. The lowest BCUT2D eigenvalue weighted by Crippen LogP contribution is -2.42. The number of hydrogen-bond acceptors (Lipinski definition) is 3. The summed E-state index contributed by atoms with van der Waals surface area (Å²) in [7, 11) is 1.42. The van der Waals surface area contributed by atoms with Gasteiger partial charge in [-0.25, -0.2) is 0 Å². The van der Waals surface area contributed by atoms with Crippen molar-refractivity contribution in [1.82, 2.24) is 0 Å². The number of halogens is 1. The fraction of sp³-hybridized carbons (Fsp3) is 0.500. The molecule has 98 valence electrons. The minimum absolute atomic E-state index is 0.189. The summed E-state index contributed by atoms with van der Waals surface area (Å²) in [5, 5.41) is 0. The molecule has 1 aliphatic carbocycles. The molecule has 0 saturated heterocycles. The molecule has 1 saturated carbocycles. The van der Waals surface area contributed by atoms with Gasteiger partial charge in [-0.3, -0.25) is 4.79 Å². The largest absolute Gasteiger partial charge is 0.469 e. The molecule has 18 heavy (non-hydrogen) atoms. The van der Waals surface area contributed by atoms with Crippen molar-refractivity contribution in [2.75, 3.05) is 7.11 Å². The average molecular weight is 313 g/mol. The van der Waals surface area contributed by atoms with Gasteiger partial charge < -0.3 is 9.47 Å². The summed E-state index contributed by atoms with van der Waals surface area (Å²) in [5.41, 5.74) is 0.828. The molecule has 0 N–H and O–H groups in total. The van der Waals surface area contributed by atoms with E-state index in [4.69, 9.17) is 9.47 Å². The molecule has 1 aromatic carbocycles. The Hall–Kier alpha value is -0.870. The predicted molar refractivity (Wildman–Crippen MR) is 72.1 cm³/mol. The number of esters is 1. The molecule has 4 heteroatoms. The summed E-state index contributed by atoms with van der Waals surface area (Å²) in [6.07, 6.45) is 3.37. The van der Waals surface area contributed by atoms with Gasteiger partial charge in [-0.05, 0) is 37.0 Å². The van der Waals surface area contributed by atoms with Crippen LogP contribution in [0.3, 0.4) is 0 Å². The van der Waals surface area contributed by atoms with Gasteiger partial charge in [-0.2, -0.15) is 0 Å². The molecule has 0 atom stereocenters. The van der Waals surface area contributed by atoms with Crippen molar-refractivity contribution < 1.29 is 14.3 Å². The van der Waals surface area contributed by atoms with E-state index in [1.165, 1.54) is 7.11 Å². The third kappa shape index (κ3) is 3.33. The predicted octanol–water partition coefficient (Wildman–Crippen LogP) is 3.45. The van der Waals surface area contributed by atoms with Gasteiger partial charge in [0, 0.05) is 4.47 Å². The molecule has 0 aromatic heterocycles. The van der Waals surface area contributed by atoms with E-state index in [-0.39, 0.29) is 11.6 Å². The molecule has 0 aliphatic heterocycles. The van der Waals surface area contributed by atoms with Gasteiger partial charge in [-0.15, -0.1) is 0 Å². The normalized spacial score (nSPS) is 17.0. The summed E-state index contributed by atoms with van der Waals surface area (Å²) in [6, 6.07) is 8.03. The van der Waals surface area contributed by atoms with Gasteiger partial charge in [0.15, 0.2) is 0 Å². The lowest BCUT2D eigenvalue weighted by molar-refractivity contribution is -0.159. The van der Waals surface area contributed by atoms with Crippen molar-refractivity contribution >= 4 is 21.9 Å². The minimum atomic E-state index is -0.292. The number of rotatable bonds is 5. The first-order valence-electron chi connectivity index (χ1n) is 6.09. The van der Waals surface area contributed by atoms with Gasteiger partial charge in [0.1, 0.15) is 0 Å². The molecule has 0 amide bonds. The zero-order valence-corrected chi connectivity index (χ0v) is 12.0. The number of benzene rings is 1. The molecule has 3 nitrogen and oxygen atoms in total. The zero-order valence-electron chi connectivity index (χ0n) is 10.4. The molecule has 1 fully saturated rings. The quantitative estimate of drug-likeness (QED) is 0.781. The van der Waals surface area contributed by atoms with E-state index in [0.717, 1.165) is 29.3 Å². The molecule has 0 spiro atoms. The summed E-state index contributed by atoms with van der Waals surface area (Å²) in [4.78, 5) is 11.4. The first-order chi connectivity index (χ1) is 8.63. The molecule has 0 unspecified atom stereocenters. The minimum Gasteiger partial charge on any atom is -0.469 e. The van der Waals surface area contributed by atoms with Crippen molar-refractivity contribution in [3.05, 3.63) is 34.3 Å². The second kappa shape index (κ2) is 5.85. The van der Waals surface area contributed by atoms with Crippen LogP contribution in [0.5, 0.6) is 0 Å². The van der Waals surface area contributed by atoms with Crippen LogP contribution in [-0.4, -0.2) is 18.7 Å². The summed E-state index contributed by atoms with van der Waals surface area (Å²) >= 11 is 3.40.